The number of aliphatic hydroxyl groups is 1. The average molecular weight is 410 g/mol. The normalized spacial score (nSPS) is 21.5. The highest BCUT2D eigenvalue weighted by atomic mass is 16.5. The molecule has 1 unspecified atom stereocenters. The van der Waals surface area contributed by atoms with E-state index >= 15 is 0 Å². The second kappa shape index (κ2) is 8.55. The van der Waals surface area contributed by atoms with E-state index in [2.05, 4.69) is 4.90 Å². The van der Waals surface area contributed by atoms with Gasteiger partial charge in [-0.1, -0.05) is 18.2 Å². The van der Waals surface area contributed by atoms with Crippen molar-refractivity contribution in [1.29, 1.82) is 0 Å². The van der Waals surface area contributed by atoms with Crippen LogP contribution in [0.2, 0.25) is 0 Å². The molecule has 2 aromatic rings. The molecule has 0 aromatic heterocycles. The third-order valence-electron chi connectivity index (χ3n) is 5.59. The summed E-state index contributed by atoms with van der Waals surface area (Å²) in [7, 11) is 0. The summed E-state index contributed by atoms with van der Waals surface area (Å²) in [6.45, 7) is 5.45. The fourth-order valence-electron chi connectivity index (χ4n) is 4.00. The van der Waals surface area contributed by atoms with E-state index in [4.69, 9.17) is 9.47 Å². The number of carbonyl (C=O) groups is 2. The summed E-state index contributed by atoms with van der Waals surface area (Å²) in [5, 5.41) is 11.4. The standard InChI is InChI=1S/C23H26N2O5/c1-2-30-18-9-7-17(8-10-18)21(26)15-23(28)19-5-3-4-6-20(19)25(22(23)27)16-24-11-13-29-14-12-24/h3-10,28H,2,11-16H2,1H3. The smallest absolute Gasteiger partial charge is 0.265 e. The highest BCUT2D eigenvalue weighted by molar-refractivity contribution is 6.10. The lowest BCUT2D eigenvalue weighted by Gasteiger charge is -2.31. The summed E-state index contributed by atoms with van der Waals surface area (Å²) < 4.78 is 10.8. The first kappa shape index (κ1) is 20.5. The maximum Gasteiger partial charge on any atom is 0.265 e. The Morgan fingerprint density at radius 1 is 1.13 bits per heavy atom. The number of anilines is 1. The molecule has 1 amide bonds. The number of morpholine rings is 1. The topological polar surface area (TPSA) is 79.3 Å². The molecular formula is C23H26N2O5. The molecule has 0 saturated carbocycles. The Balaban J connectivity index is 1.57. The first-order valence-corrected chi connectivity index (χ1v) is 10.2. The number of carbonyl (C=O) groups excluding carboxylic acids is 2. The first-order chi connectivity index (χ1) is 14.5. The summed E-state index contributed by atoms with van der Waals surface area (Å²) in [4.78, 5) is 29.9. The van der Waals surface area contributed by atoms with Gasteiger partial charge < -0.3 is 14.6 Å². The largest absolute Gasteiger partial charge is 0.494 e. The van der Waals surface area contributed by atoms with Crippen molar-refractivity contribution in [2.24, 2.45) is 0 Å². The van der Waals surface area contributed by atoms with Gasteiger partial charge in [-0.15, -0.1) is 0 Å². The van der Waals surface area contributed by atoms with Crippen molar-refractivity contribution in [3.8, 4) is 5.75 Å². The number of ether oxygens (including phenoxy) is 2. The molecule has 30 heavy (non-hydrogen) atoms. The Bertz CT molecular complexity index is 923. The molecule has 2 aromatic carbocycles. The van der Waals surface area contributed by atoms with Gasteiger partial charge in [-0.25, -0.2) is 0 Å². The maximum absolute atomic E-state index is 13.3. The van der Waals surface area contributed by atoms with Crippen LogP contribution in [-0.4, -0.2) is 61.3 Å². The molecule has 1 atom stereocenters. The van der Waals surface area contributed by atoms with E-state index in [-0.39, 0.29) is 12.2 Å². The molecule has 0 spiro atoms. The number of hydrogen-bond acceptors (Lipinski definition) is 6. The van der Waals surface area contributed by atoms with Crippen LogP contribution in [0.1, 0.15) is 29.3 Å². The maximum atomic E-state index is 13.3. The summed E-state index contributed by atoms with van der Waals surface area (Å²) in [5.74, 6) is -0.0851. The molecule has 2 aliphatic rings. The van der Waals surface area contributed by atoms with Crippen LogP contribution in [-0.2, 0) is 15.1 Å². The van der Waals surface area contributed by atoms with Gasteiger partial charge in [0.25, 0.3) is 5.91 Å². The molecule has 1 fully saturated rings. The monoisotopic (exact) mass is 410 g/mol. The van der Waals surface area contributed by atoms with Crippen molar-refractivity contribution < 1.29 is 24.2 Å². The predicted octanol–water partition coefficient (Wildman–Crippen LogP) is 2.18. The minimum Gasteiger partial charge on any atom is -0.494 e. The lowest BCUT2D eigenvalue weighted by atomic mass is 9.88. The van der Waals surface area contributed by atoms with Gasteiger partial charge in [-0.2, -0.15) is 0 Å². The fourth-order valence-corrected chi connectivity index (χ4v) is 4.00. The molecule has 1 N–H and O–H groups in total. The van der Waals surface area contributed by atoms with Crippen LogP contribution in [0.5, 0.6) is 5.75 Å². The van der Waals surface area contributed by atoms with Gasteiger partial charge in [-0.3, -0.25) is 19.4 Å². The third-order valence-corrected chi connectivity index (χ3v) is 5.59. The zero-order valence-electron chi connectivity index (χ0n) is 17.0. The SMILES string of the molecule is CCOc1ccc(C(=O)CC2(O)C(=O)N(CN3CCOCC3)c3ccccc32)cc1. The zero-order chi connectivity index (χ0) is 21.1. The van der Waals surface area contributed by atoms with Gasteiger partial charge >= 0.3 is 0 Å². The summed E-state index contributed by atoms with van der Waals surface area (Å²) in [5.41, 5.74) is -0.319. The average Bonchev–Trinajstić information content (AvgIpc) is 2.97. The van der Waals surface area contributed by atoms with Crippen molar-refractivity contribution >= 4 is 17.4 Å². The molecule has 7 heteroatoms. The molecule has 4 rings (SSSR count). The van der Waals surface area contributed by atoms with Gasteiger partial charge in [-0.05, 0) is 37.3 Å². The van der Waals surface area contributed by atoms with E-state index in [1.807, 2.05) is 19.1 Å². The van der Waals surface area contributed by atoms with Crippen LogP contribution in [0, 0.1) is 0 Å². The summed E-state index contributed by atoms with van der Waals surface area (Å²) >= 11 is 0. The molecule has 2 aliphatic heterocycles. The number of nitrogens with zero attached hydrogens (tertiary/aromatic N) is 2. The van der Waals surface area contributed by atoms with Gasteiger partial charge in [0.1, 0.15) is 5.75 Å². The van der Waals surface area contributed by atoms with Crippen molar-refractivity contribution in [1.82, 2.24) is 4.90 Å². The lowest BCUT2D eigenvalue weighted by molar-refractivity contribution is -0.136. The zero-order valence-corrected chi connectivity index (χ0v) is 17.0. The number of para-hydroxylation sites is 1. The van der Waals surface area contributed by atoms with E-state index in [1.54, 1.807) is 41.3 Å². The molecule has 0 bridgehead atoms. The minimum atomic E-state index is -1.88. The Hall–Kier alpha value is -2.74. The quantitative estimate of drug-likeness (QED) is 0.705. The van der Waals surface area contributed by atoms with Gasteiger partial charge in [0, 0.05) is 24.2 Å². The third kappa shape index (κ3) is 3.84. The van der Waals surface area contributed by atoms with E-state index in [1.165, 1.54) is 0 Å². The van der Waals surface area contributed by atoms with E-state index in [0.717, 1.165) is 13.1 Å². The molecule has 7 nitrogen and oxygen atoms in total. The molecule has 1 saturated heterocycles. The molecule has 2 heterocycles. The Kier molecular flexibility index (Phi) is 5.85. The highest BCUT2D eigenvalue weighted by Crippen LogP contribution is 2.43. The summed E-state index contributed by atoms with van der Waals surface area (Å²) in [6.07, 6.45) is -0.309. The number of Topliss-reactive ketones (excluding diaryl/α,β-unsaturated/α-hetero) is 1. The molecule has 158 valence electrons. The number of amides is 1. The Morgan fingerprint density at radius 3 is 2.53 bits per heavy atom. The minimum absolute atomic E-state index is 0.295. The van der Waals surface area contributed by atoms with Gasteiger partial charge in [0.2, 0.25) is 0 Å². The Labute approximate surface area is 175 Å². The number of hydrogen-bond donors (Lipinski definition) is 1. The van der Waals surface area contributed by atoms with E-state index < -0.39 is 11.5 Å². The number of benzene rings is 2. The second-order valence-corrected chi connectivity index (χ2v) is 7.54. The second-order valence-electron chi connectivity index (χ2n) is 7.54. The van der Waals surface area contributed by atoms with Crippen molar-refractivity contribution in [3.05, 3.63) is 59.7 Å². The van der Waals surface area contributed by atoms with Crippen LogP contribution < -0.4 is 9.64 Å². The van der Waals surface area contributed by atoms with Gasteiger partial charge in [0.05, 0.1) is 38.6 Å². The number of ketones is 1. The van der Waals surface area contributed by atoms with Crippen LogP contribution in [0.4, 0.5) is 5.69 Å². The predicted molar refractivity (Wildman–Crippen MR) is 112 cm³/mol. The molecule has 0 aliphatic carbocycles. The highest BCUT2D eigenvalue weighted by Gasteiger charge is 2.51. The fraction of sp³-hybridized carbons (Fsp3) is 0.391. The van der Waals surface area contributed by atoms with Crippen molar-refractivity contribution in [2.45, 2.75) is 18.9 Å². The van der Waals surface area contributed by atoms with Crippen molar-refractivity contribution in [2.75, 3.05) is 44.5 Å². The van der Waals surface area contributed by atoms with Gasteiger partial charge in [0.15, 0.2) is 11.4 Å². The first-order valence-electron chi connectivity index (χ1n) is 10.2. The van der Waals surface area contributed by atoms with E-state index in [9.17, 15) is 14.7 Å². The summed E-state index contributed by atoms with van der Waals surface area (Å²) in [6, 6.07) is 13.9. The van der Waals surface area contributed by atoms with Crippen molar-refractivity contribution in [3.63, 3.8) is 0 Å². The Morgan fingerprint density at radius 2 is 1.83 bits per heavy atom. The lowest BCUT2D eigenvalue weighted by Crippen LogP contribution is -2.49. The number of rotatable bonds is 7. The van der Waals surface area contributed by atoms with Crippen LogP contribution >= 0.6 is 0 Å². The van der Waals surface area contributed by atoms with Crippen LogP contribution in [0.25, 0.3) is 0 Å². The van der Waals surface area contributed by atoms with Crippen LogP contribution in [0.3, 0.4) is 0 Å². The number of fused-ring (bicyclic) bond motifs is 1. The molecular weight excluding hydrogens is 384 g/mol. The molecule has 0 radical (unpaired) electrons. The van der Waals surface area contributed by atoms with Crippen LogP contribution in [0.15, 0.2) is 48.5 Å². The van der Waals surface area contributed by atoms with E-state index in [0.29, 0.717) is 49.1 Å².